The van der Waals surface area contributed by atoms with Crippen molar-refractivity contribution in [3.05, 3.63) is 83.7 Å². The molecule has 0 spiro atoms. The van der Waals surface area contributed by atoms with E-state index >= 15 is 0 Å². The van der Waals surface area contributed by atoms with Gasteiger partial charge >= 0.3 is 0 Å². The molecule has 0 aliphatic rings. The van der Waals surface area contributed by atoms with Crippen LogP contribution in [0.3, 0.4) is 0 Å². The highest BCUT2D eigenvalue weighted by molar-refractivity contribution is 5.87. The lowest BCUT2D eigenvalue weighted by Crippen LogP contribution is -2.32. The maximum atomic E-state index is 11.5. The third kappa shape index (κ3) is 17.7. The summed E-state index contributed by atoms with van der Waals surface area (Å²) in [6.07, 6.45) is 9.13. The van der Waals surface area contributed by atoms with Crippen LogP contribution >= 0.6 is 0 Å². The third-order valence-corrected chi connectivity index (χ3v) is 3.99. The number of carbonyl (C=O) groups is 1. The molecule has 0 bridgehead atoms. The SMILES string of the molecule is C=CC/C(C)=C\C=C(/C)NCC/C(=C/C(=O)N(C)N)NC.C=NCc1ccccc1.CC. The molecule has 0 heterocycles. The van der Waals surface area contributed by atoms with Crippen LogP contribution in [0.15, 0.2) is 83.2 Å². The third-order valence-electron chi connectivity index (χ3n) is 3.99. The zero-order valence-electron chi connectivity index (χ0n) is 20.8. The molecule has 0 unspecified atom stereocenters. The molecule has 1 amide bonds. The van der Waals surface area contributed by atoms with Crippen molar-refractivity contribution in [3.8, 4) is 0 Å². The Labute approximate surface area is 195 Å². The zero-order valence-corrected chi connectivity index (χ0v) is 20.8. The number of aliphatic imine (C=N–C) groups is 1. The molecule has 0 saturated heterocycles. The van der Waals surface area contributed by atoms with Crippen LogP contribution in [-0.4, -0.2) is 38.3 Å². The van der Waals surface area contributed by atoms with Crippen molar-refractivity contribution >= 4 is 12.6 Å². The highest BCUT2D eigenvalue weighted by atomic mass is 16.2. The summed E-state index contributed by atoms with van der Waals surface area (Å²) >= 11 is 0. The second-order valence-electron chi connectivity index (χ2n) is 6.77. The van der Waals surface area contributed by atoms with E-state index in [0.29, 0.717) is 0 Å². The number of hydrogen-bond acceptors (Lipinski definition) is 5. The number of rotatable bonds is 11. The number of carbonyl (C=O) groups excluding carboxylic acids is 1. The normalized spacial score (nSPS) is 11.2. The molecule has 0 fully saturated rings. The van der Waals surface area contributed by atoms with Crippen LogP contribution < -0.4 is 16.5 Å². The molecule has 0 aliphatic carbocycles. The molecule has 1 aromatic rings. The van der Waals surface area contributed by atoms with E-state index in [9.17, 15) is 4.79 Å². The van der Waals surface area contributed by atoms with Crippen molar-refractivity contribution in [2.24, 2.45) is 10.8 Å². The van der Waals surface area contributed by atoms with Gasteiger partial charge in [0.05, 0.1) is 6.54 Å². The fraction of sp³-hybridized carbons (Fsp3) is 0.385. The predicted molar refractivity (Wildman–Crippen MR) is 140 cm³/mol. The number of nitrogens with zero attached hydrogens (tertiary/aromatic N) is 2. The van der Waals surface area contributed by atoms with E-state index in [2.05, 4.69) is 41.9 Å². The first kappa shape index (κ1) is 31.1. The number of benzene rings is 1. The molecule has 6 nitrogen and oxygen atoms in total. The van der Waals surface area contributed by atoms with Crippen LogP contribution in [0.2, 0.25) is 0 Å². The lowest BCUT2D eigenvalue weighted by molar-refractivity contribution is -0.125. The van der Waals surface area contributed by atoms with Crippen LogP contribution in [0.4, 0.5) is 0 Å². The first-order chi connectivity index (χ1) is 15.3. The quantitative estimate of drug-likeness (QED) is 0.0881. The van der Waals surface area contributed by atoms with Crippen LogP contribution in [0.1, 0.15) is 46.1 Å². The topological polar surface area (TPSA) is 82.8 Å². The Bertz CT molecular complexity index is 734. The second kappa shape index (κ2) is 21.1. The van der Waals surface area contributed by atoms with E-state index in [1.807, 2.05) is 63.3 Å². The van der Waals surface area contributed by atoms with E-state index in [0.717, 1.165) is 42.3 Å². The number of hydrogen-bond donors (Lipinski definition) is 3. The Morgan fingerprint density at radius 1 is 1.19 bits per heavy atom. The maximum absolute atomic E-state index is 11.5. The highest BCUT2D eigenvalue weighted by Gasteiger charge is 2.02. The van der Waals surface area contributed by atoms with Crippen LogP contribution in [0, 0.1) is 0 Å². The van der Waals surface area contributed by atoms with E-state index in [1.165, 1.54) is 24.3 Å². The second-order valence-corrected chi connectivity index (χ2v) is 6.77. The molecule has 1 aromatic carbocycles. The van der Waals surface area contributed by atoms with Crippen molar-refractivity contribution in [2.75, 3.05) is 20.6 Å². The van der Waals surface area contributed by atoms with Crippen molar-refractivity contribution in [1.29, 1.82) is 0 Å². The van der Waals surface area contributed by atoms with Crippen LogP contribution in [-0.2, 0) is 11.3 Å². The molecule has 0 aromatic heterocycles. The molecule has 0 atom stereocenters. The maximum Gasteiger partial charge on any atom is 0.261 e. The summed E-state index contributed by atoms with van der Waals surface area (Å²) in [6.45, 7) is 16.7. The molecule has 4 N–H and O–H groups in total. The lowest BCUT2D eigenvalue weighted by atomic mass is 10.2. The standard InChI is InChI=1S/C16H28N4O.C8H9N.C2H6/c1-6-7-13(2)8-9-14(3)19-11-10-15(18-4)12-16(21)20(5)17;1-9-7-8-5-3-2-4-6-8;1-2/h6,8-9,12,18-19H,1,7,10-11,17H2,2-5H3;2-6H,1,7H2;1-2H3/b13-8-,14-9+,15-12-;;. The van der Waals surface area contributed by atoms with Gasteiger partial charge in [-0.05, 0) is 38.6 Å². The smallest absolute Gasteiger partial charge is 0.261 e. The molecule has 0 saturated carbocycles. The van der Waals surface area contributed by atoms with E-state index in [-0.39, 0.29) is 5.91 Å². The molecular formula is C26H43N5O. The number of likely N-dealkylation sites (N-methyl/N-ethyl adjacent to an activating group) is 1. The van der Waals surface area contributed by atoms with Gasteiger partial charge < -0.3 is 10.6 Å². The summed E-state index contributed by atoms with van der Waals surface area (Å²) < 4.78 is 0. The minimum absolute atomic E-state index is 0.227. The van der Waals surface area contributed by atoms with E-state index < -0.39 is 0 Å². The number of amides is 1. The summed E-state index contributed by atoms with van der Waals surface area (Å²) in [5.41, 5.74) is 4.40. The van der Waals surface area contributed by atoms with Gasteiger partial charge in [-0.1, -0.05) is 61.9 Å². The number of hydrazine groups is 1. The van der Waals surface area contributed by atoms with Gasteiger partial charge in [-0.15, -0.1) is 6.58 Å². The van der Waals surface area contributed by atoms with Gasteiger partial charge in [0.1, 0.15) is 0 Å². The summed E-state index contributed by atoms with van der Waals surface area (Å²) in [4.78, 5) is 15.2. The van der Waals surface area contributed by atoms with Gasteiger partial charge in [-0.25, -0.2) is 5.84 Å². The van der Waals surface area contributed by atoms with Gasteiger partial charge in [0.15, 0.2) is 0 Å². The monoisotopic (exact) mass is 441 g/mol. The molecule has 6 heteroatoms. The Morgan fingerprint density at radius 3 is 2.31 bits per heavy atom. The Kier molecular flexibility index (Phi) is 20.5. The first-order valence-corrected chi connectivity index (χ1v) is 10.9. The highest BCUT2D eigenvalue weighted by Crippen LogP contribution is 2.02. The molecule has 0 radical (unpaired) electrons. The Balaban J connectivity index is 0. The summed E-state index contributed by atoms with van der Waals surface area (Å²) in [5, 5.41) is 7.36. The van der Waals surface area contributed by atoms with Crippen molar-refractivity contribution < 1.29 is 4.79 Å². The zero-order chi connectivity index (χ0) is 24.8. The fourth-order valence-electron chi connectivity index (χ4n) is 2.25. The largest absolute Gasteiger partial charge is 0.391 e. The average Bonchev–Trinajstić information content (AvgIpc) is 2.79. The van der Waals surface area contributed by atoms with Gasteiger partial charge in [0, 0.05) is 44.5 Å². The minimum atomic E-state index is -0.227. The summed E-state index contributed by atoms with van der Waals surface area (Å²) in [7, 11) is 3.31. The van der Waals surface area contributed by atoms with Crippen LogP contribution in [0.5, 0.6) is 0 Å². The predicted octanol–water partition coefficient (Wildman–Crippen LogP) is 4.74. The van der Waals surface area contributed by atoms with E-state index in [1.54, 1.807) is 7.05 Å². The van der Waals surface area contributed by atoms with E-state index in [4.69, 9.17) is 5.84 Å². The van der Waals surface area contributed by atoms with Crippen molar-refractivity contribution in [2.45, 2.75) is 47.1 Å². The van der Waals surface area contributed by atoms with Crippen molar-refractivity contribution in [3.63, 3.8) is 0 Å². The average molecular weight is 442 g/mol. The number of nitrogens with two attached hydrogens (primary N) is 1. The molecule has 0 aliphatic heterocycles. The molecule has 1 rings (SSSR count). The molecule has 178 valence electrons. The van der Waals surface area contributed by atoms with Gasteiger partial charge in [-0.2, -0.15) is 0 Å². The lowest BCUT2D eigenvalue weighted by Gasteiger charge is -2.11. The van der Waals surface area contributed by atoms with Gasteiger partial charge in [0.2, 0.25) is 0 Å². The van der Waals surface area contributed by atoms with Gasteiger partial charge in [-0.3, -0.25) is 14.8 Å². The summed E-state index contributed by atoms with van der Waals surface area (Å²) in [6, 6.07) is 10.1. The van der Waals surface area contributed by atoms with Gasteiger partial charge in [0.25, 0.3) is 5.91 Å². The van der Waals surface area contributed by atoms with Crippen molar-refractivity contribution in [1.82, 2.24) is 15.6 Å². The summed E-state index contributed by atoms with van der Waals surface area (Å²) in [5.74, 6) is 5.15. The number of allylic oxidation sites excluding steroid dienone is 5. The fourth-order valence-corrected chi connectivity index (χ4v) is 2.25. The Morgan fingerprint density at radius 2 is 1.81 bits per heavy atom. The van der Waals surface area contributed by atoms with Crippen LogP contribution in [0.25, 0.3) is 0 Å². The molecular weight excluding hydrogens is 398 g/mol. The minimum Gasteiger partial charge on any atom is -0.391 e. The molecule has 32 heavy (non-hydrogen) atoms. The Hall–Kier alpha value is -3.12. The first-order valence-electron chi connectivity index (χ1n) is 10.9. The number of nitrogens with one attached hydrogen (secondary N) is 2.